The average Bonchev–Trinajstić information content (AvgIpc) is 3.24. The van der Waals surface area contributed by atoms with Gasteiger partial charge >= 0.3 is 5.97 Å². The molecule has 11 heteroatoms. The monoisotopic (exact) mass is 532 g/mol. The summed E-state index contributed by atoms with van der Waals surface area (Å²) in [6.07, 6.45) is 1.46. The molecule has 0 aliphatic heterocycles. The third-order valence-corrected chi connectivity index (χ3v) is 7.43. The van der Waals surface area contributed by atoms with E-state index in [1.807, 2.05) is 0 Å². The molecule has 0 radical (unpaired) electrons. The van der Waals surface area contributed by atoms with Gasteiger partial charge in [-0.15, -0.1) is 0 Å². The van der Waals surface area contributed by atoms with E-state index >= 15 is 0 Å². The molecule has 3 N–H and O–H groups in total. The number of hydrogen-bond acceptors (Lipinski definition) is 7. The number of benzene rings is 2. The Morgan fingerprint density at radius 3 is 2.37 bits per heavy atom. The molecular weight excluding hydrogens is 508 g/mol. The summed E-state index contributed by atoms with van der Waals surface area (Å²) in [6, 6.07) is 15.1. The molecule has 38 heavy (non-hydrogen) atoms. The van der Waals surface area contributed by atoms with Gasteiger partial charge in [-0.05, 0) is 49.2 Å². The molecule has 0 bridgehead atoms. The van der Waals surface area contributed by atoms with Crippen LogP contribution in [0.5, 0.6) is 0 Å². The molecule has 1 atom stereocenters. The standard InChI is InChI=1S/C27H24N4O6S/c1-15(2)24(27(33)34)31-38(35,36)20-10-7-17(8-11-20)21-12-9-19(14-29-21)30-26(32)25-16(3)23-18(13-28)5-4-6-22(23)37-25/h4-12,14-15,24,31H,1-3H3,(H,30,32)(H,33,34). The molecule has 0 spiro atoms. The summed E-state index contributed by atoms with van der Waals surface area (Å²) < 4.78 is 33.2. The van der Waals surface area contributed by atoms with Crippen LogP contribution in [-0.4, -0.2) is 36.4 Å². The first-order valence-electron chi connectivity index (χ1n) is 11.6. The maximum atomic E-state index is 12.8. The predicted molar refractivity (Wildman–Crippen MR) is 140 cm³/mol. The summed E-state index contributed by atoms with van der Waals surface area (Å²) in [6.45, 7) is 4.95. The lowest BCUT2D eigenvalue weighted by molar-refractivity contribution is -0.140. The predicted octanol–water partition coefficient (Wildman–Crippen LogP) is 4.31. The third-order valence-electron chi connectivity index (χ3n) is 5.98. The number of anilines is 1. The van der Waals surface area contributed by atoms with Crippen molar-refractivity contribution in [3.63, 3.8) is 0 Å². The Hall–Kier alpha value is -4.53. The Balaban J connectivity index is 1.49. The van der Waals surface area contributed by atoms with Crippen molar-refractivity contribution in [2.45, 2.75) is 31.7 Å². The van der Waals surface area contributed by atoms with Gasteiger partial charge in [0.25, 0.3) is 5.91 Å². The Kier molecular flexibility index (Phi) is 7.30. The Labute approximate surface area is 219 Å². The van der Waals surface area contributed by atoms with Crippen molar-refractivity contribution in [1.82, 2.24) is 9.71 Å². The van der Waals surface area contributed by atoms with Crippen LogP contribution < -0.4 is 10.0 Å². The zero-order chi connectivity index (χ0) is 27.6. The maximum absolute atomic E-state index is 12.8. The number of fused-ring (bicyclic) bond motifs is 1. The summed E-state index contributed by atoms with van der Waals surface area (Å²) in [4.78, 5) is 28.5. The summed E-state index contributed by atoms with van der Waals surface area (Å²) >= 11 is 0. The molecule has 2 aromatic heterocycles. The van der Waals surface area contributed by atoms with Crippen LogP contribution in [-0.2, 0) is 14.8 Å². The highest BCUT2D eigenvalue weighted by atomic mass is 32.2. The van der Waals surface area contributed by atoms with Crippen LogP contribution in [0.4, 0.5) is 5.69 Å². The zero-order valence-electron chi connectivity index (χ0n) is 20.7. The minimum Gasteiger partial charge on any atom is -0.480 e. The molecule has 0 fully saturated rings. The minimum atomic E-state index is -4.04. The SMILES string of the molecule is Cc1c(C(=O)Nc2ccc(-c3ccc(S(=O)(=O)NC(C(=O)O)C(C)C)cc3)nc2)oc2cccc(C#N)c12. The molecule has 0 aliphatic carbocycles. The molecule has 2 aromatic carbocycles. The van der Waals surface area contributed by atoms with E-state index in [9.17, 15) is 28.4 Å². The number of carboxylic acid groups (broad SMARTS) is 1. The lowest BCUT2D eigenvalue weighted by atomic mass is 10.1. The van der Waals surface area contributed by atoms with Gasteiger partial charge in [-0.2, -0.15) is 9.98 Å². The lowest BCUT2D eigenvalue weighted by Crippen LogP contribution is -2.44. The molecular formula is C27H24N4O6S. The zero-order valence-corrected chi connectivity index (χ0v) is 21.5. The number of sulfonamides is 1. The van der Waals surface area contributed by atoms with Gasteiger partial charge < -0.3 is 14.8 Å². The fourth-order valence-corrected chi connectivity index (χ4v) is 5.29. The van der Waals surface area contributed by atoms with Crippen molar-refractivity contribution in [2.24, 2.45) is 5.92 Å². The number of nitrogens with zero attached hydrogens (tertiary/aromatic N) is 2. The van der Waals surface area contributed by atoms with Crippen molar-refractivity contribution < 1.29 is 27.5 Å². The van der Waals surface area contributed by atoms with E-state index in [0.717, 1.165) is 0 Å². The van der Waals surface area contributed by atoms with Gasteiger partial charge in [-0.1, -0.05) is 32.0 Å². The van der Waals surface area contributed by atoms with Crippen LogP contribution >= 0.6 is 0 Å². The average molecular weight is 533 g/mol. The molecule has 0 saturated heterocycles. The number of hydrogen-bond donors (Lipinski definition) is 3. The Bertz CT molecular complexity index is 1670. The number of amides is 1. The van der Waals surface area contributed by atoms with Gasteiger partial charge in [0.1, 0.15) is 11.6 Å². The van der Waals surface area contributed by atoms with Crippen molar-refractivity contribution in [3.8, 4) is 17.3 Å². The summed E-state index contributed by atoms with van der Waals surface area (Å²) in [5.74, 6) is -2.07. The van der Waals surface area contributed by atoms with E-state index in [1.54, 1.807) is 63.2 Å². The van der Waals surface area contributed by atoms with Crippen LogP contribution in [0.2, 0.25) is 0 Å². The van der Waals surface area contributed by atoms with Crippen molar-refractivity contribution in [2.75, 3.05) is 5.32 Å². The van der Waals surface area contributed by atoms with Gasteiger partial charge in [0, 0.05) is 16.5 Å². The number of aromatic nitrogens is 1. The number of carboxylic acids is 1. The van der Waals surface area contributed by atoms with E-state index in [0.29, 0.717) is 39.0 Å². The number of carbonyl (C=O) groups excluding carboxylic acids is 1. The van der Waals surface area contributed by atoms with Gasteiger partial charge in [-0.3, -0.25) is 14.6 Å². The molecule has 4 rings (SSSR count). The minimum absolute atomic E-state index is 0.0715. The number of furan rings is 1. The largest absolute Gasteiger partial charge is 0.480 e. The fraction of sp³-hybridized carbons (Fsp3) is 0.185. The summed E-state index contributed by atoms with van der Waals surface area (Å²) in [7, 11) is -4.04. The number of nitrogens with one attached hydrogen (secondary N) is 2. The molecule has 1 unspecified atom stereocenters. The fourth-order valence-electron chi connectivity index (χ4n) is 3.95. The number of pyridine rings is 1. The molecule has 194 valence electrons. The second-order valence-corrected chi connectivity index (χ2v) is 10.7. The van der Waals surface area contributed by atoms with E-state index in [-0.39, 0.29) is 10.7 Å². The number of nitriles is 1. The number of rotatable bonds is 8. The second-order valence-electron chi connectivity index (χ2n) is 8.94. The molecule has 0 saturated carbocycles. The van der Waals surface area contributed by atoms with Gasteiger partial charge in [0.2, 0.25) is 10.0 Å². The normalized spacial score (nSPS) is 12.3. The first-order valence-corrected chi connectivity index (χ1v) is 13.1. The van der Waals surface area contributed by atoms with E-state index < -0.39 is 33.9 Å². The highest BCUT2D eigenvalue weighted by Gasteiger charge is 2.28. The molecule has 0 aliphatic rings. The molecule has 4 aromatic rings. The topological polar surface area (TPSA) is 162 Å². The van der Waals surface area contributed by atoms with Crippen LogP contribution in [0.1, 0.15) is 35.5 Å². The van der Waals surface area contributed by atoms with Crippen LogP contribution in [0, 0.1) is 24.2 Å². The quantitative estimate of drug-likeness (QED) is 0.302. The first kappa shape index (κ1) is 26.5. The number of carbonyl (C=O) groups is 2. The Morgan fingerprint density at radius 2 is 1.79 bits per heavy atom. The number of aryl methyl sites for hydroxylation is 1. The van der Waals surface area contributed by atoms with E-state index in [1.165, 1.54) is 18.3 Å². The van der Waals surface area contributed by atoms with E-state index in [4.69, 9.17) is 4.42 Å². The molecule has 2 heterocycles. The van der Waals surface area contributed by atoms with Gasteiger partial charge in [0.15, 0.2) is 5.76 Å². The maximum Gasteiger partial charge on any atom is 0.322 e. The summed E-state index contributed by atoms with van der Waals surface area (Å²) in [5.41, 5.74) is 3.00. The highest BCUT2D eigenvalue weighted by molar-refractivity contribution is 7.89. The third kappa shape index (κ3) is 5.27. The highest BCUT2D eigenvalue weighted by Crippen LogP contribution is 2.29. The Morgan fingerprint density at radius 1 is 1.08 bits per heavy atom. The molecule has 1 amide bonds. The van der Waals surface area contributed by atoms with Crippen LogP contribution in [0.25, 0.3) is 22.2 Å². The van der Waals surface area contributed by atoms with Crippen molar-refractivity contribution in [3.05, 3.63) is 77.7 Å². The van der Waals surface area contributed by atoms with Crippen molar-refractivity contribution in [1.29, 1.82) is 5.26 Å². The molecule has 10 nitrogen and oxygen atoms in total. The van der Waals surface area contributed by atoms with Gasteiger partial charge in [-0.25, -0.2) is 8.42 Å². The van der Waals surface area contributed by atoms with Crippen LogP contribution in [0.3, 0.4) is 0 Å². The summed E-state index contributed by atoms with van der Waals surface area (Å²) in [5, 5.41) is 21.9. The van der Waals surface area contributed by atoms with Crippen LogP contribution in [0.15, 0.2) is 70.1 Å². The lowest BCUT2D eigenvalue weighted by Gasteiger charge is -2.18. The van der Waals surface area contributed by atoms with Crippen molar-refractivity contribution >= 4 is 38.6 Å². The van der Waals surface area contributed by atoms with E-state index in [2.05, 4.69) is 21.1 Å². The second kappa shape index (κ2) is 10.5. The first-order chi connectivity index (χ1) is 18.0. The smallest absolute Gasteiger partial charge is 0.322 e. The number of aliphatic carboxylic acids is 1. The van der Waals surface area contributed by atoms with Gasteiger partial charge in [0.05, 0.1) is 34.1 Å².